The SMILES string of the molecule is CC1(C)CC(=O)c2cc(C(=O)N3CCC(N)C(C)(C)C3)c(=O)[nH]c2C1.Cl. The minimum absolute atomic E-state index is 0. The molecule has 144 valence electrons. The Hall–Kier alpha value is -1.66. The standard InChI is InChI=1S/C19H27N3O3.ClH/c1-18(2)8-13-11(14(23)9-18)7-12(16(24)21-13)17(25)22-6-5-15(20)19(3,4)10-22;/h7,15H,5-6,8-10,20H2,1-4H3,(H,21,24);1H. The summed E-state index contributed by atoms with van der Waals surface area (Å²) in [6, 6.07) is 1.53. The highest BCUT2D eigenvalue weighted by Crippen LogP contribution is 2.34. The molecule has 6 nitrogen and oxygen atoms in total. The first kappa shape index (κ1) is 20.6. The molecule has 1 aromatic rings. The Morgan fingerprint density at radius 2 is 1.88 bits per heavy atom. The van der Waals surface area contributed by atoms with Gasteiger partial charge in [0.15, 0.2) is 5.78 Å². The number of rotatable bonds is 1. The molecule has 1 atom stereocenters. The van der Waals surface area contributed by atoms with Crippen molar-refractivity contribution in [3.63, 3.8) is 0 Å². The largest absolute Gasteiger partial charge is 0.338 e. The first-order valence-corrected chi connectivity index (χ1v) is 8.84. The van der Waals surface area contributed by atoms with Gasteiger partial charge in [-0.25, -0.2) is 0 Å². The number of amides is 1. The van der Waals surface area contributed by atoms with Crippen LogP contribution in [0.25, 0.3) is 0 Å². The number of aromatic amines is 1. The van der Waals surface area contributed by atoms with Gasteiger partial charge in [-0.2, -0.15) is 0 Å². The number of halogens is 1. The van der Waals surface area contributed by atoms with Crippen molar-refractivity contribution in [3.8, 4) is 0 Å². The highest BCUT2D eigenvalue weighted by atomic mass is 35.5. The molecule has 0 bridgehead atoms. The summed E-state index contributed by atoms with van der Waals surface area (Å²) in [5.74, 6) is -0.334. The van der Waals surface area contributed by atoms with E-state index in [1.54, 1.807) is 4.90 Å². The molecule has 0 aromatic carbocycles. The van der Waals surface area contributed by atoms with Gasteiger partial charge >= 0.3 is 0 Å². The topological polar surface area (TPSA) is 96.3 Å². The lowest BCUT2D eigenvalue weighted by Crippen LogP contribution is -2.54. The molecule has 1 aliphatic heterocycles. The molecule has 0 radical (unpaired) electrons. The van der Waals surface area contributed by atoms with E-state index in [0.717, 1.165) is 0 Å². The molecular weight excluding hydrogens is 354 g/mol. The third kappa shape index (κ3) is 3.71. The van der Waals surface area contributed by atoms with Crippen LogP contribution in [-0.4, -0.2) is 40.7 Å². The summed E-state index contributed by atoms with van der Waals surface area (Å²) < 4.78 is 0. The molecule has 1 aromatic heterocycles. The van der Waals surface area contributed by atoms with Crippen molar-refractivity contribution >= 4 is 24.1 Å². The Balaban J connectivity index is 0.00000243. The van der Waals surface area contributed by atoms with Gasteiger partial charge in [0.2, 0.25) is 0 Å². The molecule has 1 saturated heterocycles. The van der Waals surface area contributed by atoms with E-state index in [1.807, 2.05) is 27.7 Å². The molecule has 0 saturated carbocycles. The molecule has 1 fully saturated rings. The van der Waals surface area contributed by atoms with Gasteiger partial charge in [-0.05, 0) is 29.7 Å². The summed E-state index contributed by atoms with van der Waals surface area (Å²) in [7, 11) is 0. The highest BCUT2D eigenvalue weighted by Gasteiger charge is 2.37. The van der Waals surface area contributed by atoms with Crippen LogP contribution in [0.4, 0.5) is 0 Å². The van der Waals surface area contributed by atoms with Crippen molar-refractivity contribution in [1.82, 2.24) is 9.88 Å². The second kappa shape index (κ2) is 6.82. The number of pyridine rings is 1. The zero-order chi connectivity index (χ0) is 18.6. The molecule has 7 heteroatoms. The lowest BCUT2D eigenvalue weighted by molar-refractivity contribution is 0.0531. The molecule has 1 unspecified atom stereocenters. The predicted octanol–water partition coefficient (Wildman–Crippen LogP) is 2.15. The fourth-order valence-corrected chi connectivity index (χ4v) is 3.90. The molecule has 2 aliphatic rings. The molecular formula is C19H28ClN3O3. The summed E-state index contributed by atoms with van der Waals surface area (Å²) in [6.45, 7) is 9.10. The number of carbonyl (C=O) groups excluding carboxylic acids is 2. The van der Waals surface area contributed by atoms with E-state index >= 15 is 0 Å². The van der Waals surface area contributed by atoms with Gasteiger partial charge in [-0.3, -0.25) is 14.4 Å². The van der Waals surface area contributed by atoms with Crippen molar-refractivity contribution in [3.05, 3.63) is 33.2 Å². The van der Waals surface area contributed by atoms with E-state index in [9.17, 15) is 14.4 Å². The summed E-state index contributed by atoms with van der Waals surface area (Å²) in [4.78, 5) is 42.3. The molecule has 26 heavy (non-hydrogen) atoms. The summed E-state index contributed by atoms with van der Waals surface area (Å²) >= 11 is 0. The van der Waals surface area contributed by atoms with Crippen LogP contribution in [0.2, 0.25) is 0 Å². The number of aromatic nitrogens is 1. The molecule has 2 heterocycles. The average Bonchev–Trinajstić information content (AvgIpc) is 2.47. The second-order valence-electron chi connectivity index (χ2n) is 8.96. The van der Waals surface area contributed by atoms with Crippen molar-refractivity contribution in [1.29, 1.82) is 0 Å². The van der Waals surface area contributed by atoms with Gasteiger partial charge in [-0.15, -0.1) is 12.4 Å². The zero-order valence-corrected chi connectivity index (χ0v) is 16.7. The first-order chi connectivity index (χ1) is 11.5. The van der Waals surface area contributed by atoms with Crippen molar-refractivity contribution in [2.45, 2.75) is 53.0 Å². The minimum Gasteiger partial charge on any atom is -0.338 e. The van der Waals surface area contributed by atoms with Crippen LogP contribution < -0.4 is 11.3 Å². The second-order valence-corrected chi connectivity index (χ2v) is 8.96. The van der Waals surface area contributed by atoms with Crippen LogP contribution in [0.5, 0.6) is 0 Å². The molecule has 1 amide bonds. The van der Waals surface area contributed by atoms with Crippen LogP contribution in [0, 0.1) is 10.8 Å². The van der Waals surface area contributed by atoms with Crippen molar-refractivity contribution in [2.24, 2.45) is 16.6 Å². The number of carbonyl (C=O) groups is 2. The van der Waals surface area contributed by atoms with E-state index in [4.69, 9.17) is 5.73 Å². The number of likely N-dealkylation sites (tertiary alicyclic amines) is 1. The Bertz CT molecular complexity index is 798. The van der Waals surface area contributed by atoms with Crippen molar-refractivity contribution < 1.29 is 9.59 Å². The van der Waals surface area contributed by atoms with E-state index in [1.165, 1.54) is 6.07 Å². The molecule has 0 spiro atoms. The van der Waals surface area contributed by atoms with Gasteiger partial charge in [0.05, 0.1) is 0 Å². The van der Waals surface area contributed by atoms with Crippen LogP contribution in [-0.2, 0) is 6.42 Å². The van der Waals surface area contributed by atoms with Gasteiger partial charge in [0, 0.05) is 36.8 Å². The maximum atomic E-state index is 12.9. The number of fused-ring (bicyclic) bond motifs is 1. The van der Waals surface area contributed by atoms with Gasteiger partial charge < -0.3 is 15.6 Å². The van der Waals surface area contributed by atoms with E-state index in [0.29, 0.717) is 43.6 Å². The fourth-order valence-electron chi connectivity index (χ4n) is 3.90. The minimum atomic E-state index is -0.415. The molecule has 1 aliphatic carbocycles. The number of H-pyrrole nitrogens is 1. The zero-order valence-electron chi connectivity index (χ0n) is 15.8. The quantitative estimate of drug-likeness (QED) is 0.778. The number of Topliss-reactive ketones (excluding diaryl/α,β-unsaturated/α-hetero) is 1. The average molecular weight is 382 g/mol. The first-order valence-electron chi connectivity index (χ1n) is 8.84. The third-order valence-electron chi connectivity index (χ3n) is 5.55. The third-order valence-corrected chi connectivity index (χ3v) is 5.55. The normalized spacial score (nSPS) is 23.8. The number of ketones is 1. The summed E-state index contributed by atoms with van der Waals surface area (Å²) in [5.41, 5.74) is 6.52. The van der Waals surface area contributed by atoms with E-state index < -0.39 is 5.56 Å². The maximum absolute atomic E-state index is 12.9. The van der Waals surface area contributed by atoms with Crippen LogP contribution >= 0.6 is 12.4 Å². The van der Waals surface area contributed by atoms with Crippen molar-refractivity contribution in [2.75, 3.05) is 13.1 Å². The van der Waals surface area contributed by atoms with E-state index in [2.05, 4.69) is 4.98 Å². The van der Waals surface area contributed by atoms with E-state index in [-0.39, 0.29) is 46.5 Å². The Labute approximate surface area is 159 Å². The molecule has 3 N–H and O–H groups in total. The lowest BCUT2D eigenvalue weighted by atomic mass is 9.75. The Morgan fingerprint density at radius 1 is 1.23 bits per heavy atom. The van der Waals surface area contributed by atoms with Crippen LogP contribution in [0.1, 0.15) is 66.9 Å². The van der Waals surface area contributed by atoms with Gasteiger partial charge in [-0.1, -0.05) is 27.7 Å². The highest BCUT2D eigenvalue weighted by molar-refractivity contribution is 6.02. The monoisotopic (exact) mass is 381 g/mol. The van der Waals surface area contributed by atoms with Crippen LogP contribution in [0.3, 0.4) is 0 Å². The van der Waals surface area contributed by atoms with Crippen LogP contribution in [0.15, 0.2) is 10.9 Å². The number of nitrogens with two attached hydrogens (primary N) is 1. The van der Waals surface area contributed by atoms with Gasteiger partial charge in [0.25, 0.3) is 11.5 Å². The summed E-state index contributed by atoms with van der Waals surface area (Å²) in [6.07, 6.45) is 1.75. The number of nitrogens with zero attached hydrogens (tertiary/aromatic N) is 1. The number of hydrogen-bond acceptors (Lipinski definition) is 4. The summed E-state index contributed by atoms with van der Waals surface area (Å²) in [5, 5.41) is 0. The lowest BCUT2D eigenvalue weighted by Gasteiger charge is -2.42. The maximum Gasteiger partial charge on any atom is 0.261 e. The number of hydrogen-bond donors (Lipinski definition) is 2. The van der Waals surface area contributed by atoms with Gasteiger partial charge in [0.1, 0.15) is 5.56 Å². The Morgan fingerprint density at radius 3 is 2.50 bits per heavy atom. The fraction of sp³-hybridized carbons (Fsp3) is 0.632. The Kier molecular flexibility index (Phi) is 5.41. The number of piperidine rings is 1. The predicted molar refractivity (Wildman–Crippen MR) is 103 cm³/mol. The molecule has 3 rings (SSSR count). The smallest absolute Gasteiger partial charge is 0.261 e. The number of nitrogens with one attached hydrogen (secondary N) is 1.